The summed E-state index contributed by atoms with van der Waals surface area (Å²) in [7, 11) is 0. The highest BCUT2D eigenvalue weighted by Gasteiger charge is 2.18. The third-order valence-corrected chi connectivity index (χ3v) is 2.46. The summed E-state index contributed by atoms with van der Waals surface area (Å²) >= 11 is 0. The monoisotopic (exact) mass is 234 g/mol. The van der Waals surface area contributed by atoms with Gasteiger partial charge in [0.05, 0.1) is 0 Å². The first kappa shape index (κ1) is 11.5. The van der Waals surface area contributed by atoms with E-state index in [1.165, 1.54) is 6.92 Å². The van der Waals surface area contributed by atoms with Crippen molar-refractivity contribution in [2.75, 3.05) is 6.79 Å². The Hall–Kier alpha value is -1.97. The smallest absolute Gasteiger partial charge is 0.303 e. The molecular formula is C13H14O4. The van der Waals surface area contributed by atoms with Gasteiger partial charge in [-0.1, -0.05) is 12.1 Å². The molecule has 0 spiro atoms. The number of benzene rings is 1. The molecule has 1 aliphatic heterocycles. The molecule has 0 saturated carbocycles. The summed E-state index contributed by atoms with van der Waals surface area (Å²) in [6, 6.07) is 5.52. The third kappa shape index (κ3) is 2.58. The van der Waals surface area contributed by atoms with Gasteiger partial charge in [0.2, 0.25) is 6.79 Å². The molecule has 2 rings (SSSR count). The molecule has 17 heavy (non-hydrogen) atoms. The van der Waals surface area contributed by atoms with Crippen LogP contribution in [0.15, 0.2) is 30.9 Å². The summed E-state index contributed by atoms with van der Waals surface area (Å²) in [5, 5.41) is 0. The predicted octanol–water partition coefficient (Wildman–Crippen LogP) is 2.60. The van der Waals surface area contributed by atoms with Gasteiger partial charge in [0.1, 0.15) is 6.10 Å². The topological polar surface area (TPSA) is 44.8 Å². The molecular weight excluding hydrogens is 220 g/mol. The van der Waals surface area contributed by atoms with Crippen molar-refractivity contribution in [1.82, 2.24) is 0 Å². The molecule has 0 N–H and O–H groups in total. The Morgan fingerprint density at radius 3 is 3.00 bits per heavy atom. The van der Waals surface area contributed by atoms with E-state index in [2.05, 4.69) is 6.58 Å². The van der Waals surface area contributed by atoms with Gasteiger partial charge in [0, 0.05) is 13.3 Å². The summed E-state index contributed by atoms with van der Waals surface area (Å²) in [6.07, 6.45) is 1.97. The van der Waals surface area contributed by atoms with Crippen LogP contribution in [0.5, 0.6) is 11.5 Å². The second-order valence-corrected chi connectivity index (χ2v) is 3.74. The van der Waals surface area contributed by atoms with Gasteiger partial charge in [0.15, 0.2) is 11.5 Å². The van der Waals surface area contributed by atoms with Gasteiger partial charge in [-0.2, -0.15) is 0 Å². The number of hydrogen-bond donors (Lipinski definition) is 0. The van der Waals surface area contributed by atoms with Gasteiger partial charge in [-0.3, -0.25) is 4.79 Å². The van der Waals surface area contributed by atoms with Crippen molar-refractivity contribution in [3.63, 3.8) is 0 Å². The van der Waals surface area contributed by atoms with E-state index < -0.39 is 0 Å². The van der Waals surface area contributed by atoms with Crippen molar-refractivity contribution in [2.45, 2.75) is 19.4 Å². The molecule has 0 unspecified atom stereocenters. The number of ether oxygens (including phenoxy) is 3. The lowest BCUT2D eigenvalue weighted by Gasteiger charge is -2.15. The van der Waals surface area contributed by atoms with Crippen LogP contribution in [-0.2, 0) is 9.53 Å². The van der Waals surface area contributed by atoms with Gasteiger partial charge in [-0.25, -0.2) is 0 Å². The molecule has 1 heterocycles. The van der Waals surface area contributed by atoms with E-state index in [4.69, 9.17) is 14.2 Å². The highest BCUT2D eigenvalue weighted by Crippen LogP contribution is 2.35. The summed E-state index contributed by atoms with van der Waals surface area (Å²) in [6.45, 7) is 5.29. The average molecular weight is 234 g/mol. The first-order valence-corrected chi connectivity index (χ1v) is 5.38. The maximum atomic E-state index is 11.0. The van der Waals surface area contributed by atoms with E-state index in [0.717, 1.165) is 5.56 Å². The SMILES string of the molecule is C=CC[C@@H](OC(C)=O)c1ccc2c(c1)OCO2. The zero-order valence-corrected chi connectivity index (χ0v) is 9.64. The second-order valence-electron chi connectivity index (χ2n) is 3.74. The first-order chi connectivity index (χ1) is 8.20. The van der Waals surface area contributed by atoms with E-state index in [-0.39, 0.29) is 18.9 Å². The highest BCUT2D eigenvalue weighted by atomic mass is 16.7. The minimum absolute atomic E-state index is 0.235. The fourth-order valence-corrected chi connectivity index (χ4v) is 1.72. The zero-order valence-electron chi connectivity index (χ0n) is 9.64. The molecule has 4 nitrogen and oxygen atoms in total. The Morgan fingerprint density at radius 1 is 1.53 bits per heavy atom. The number of esters is 1. The van der Waals surface area contributed by atoms with Crippen LogP contribution >= 0.6 is 0 Å². The van der Waals surface area contributed by atoms with E-state index in [9.17, 15) is 4.79 Å². The van der Waals surface area contributed by atoms with Crippen LogP contribution < -0.4 is 9.47 Å². The van der Waals surface area contributed by atoms with Gasteiger partial charge in [0.25, 0.3) is 0 Å². The molecule has 1 atom stereocenters. The van der Waals surface area contributed by atoms with Crippen molar-refractivity contribution in [2.24, 2.45) is 0 Å². The van der Waals surface area contributed by atoms with Crippen LogP contribution in [0.4, 0.5) is 0 Å². The van der Waals surface area contributed by atoms with Crippen LogP contribution in [0.25, 0.3) is 0 Å². The fraction of sp³-hybridized carbons (Fsp3) is 0.308. The van der Waals surface area contributed by atoms with Crippen molar-refractivity contribution in [3.8, 4) is 11.5 Å². The Labute approximate surface area is 99.8 Å². The molecule has 0 fully saturated rings. The maximum absolute atomic E-state index is 11.0. The quantitative estimate of drug-likeness (QED) is 0.593. The standard InChI is InChI=1S/C13H14O4/c1-3-4-11(17-9(2)14)10-5-6-12-13(7-10)16-8-15-12/h3,5-7,11H,1,4,8H2,2H3/t11-/m1/s1. The second kappa shape index (κ2) is 4.91. The number of rotatable bonds is 4. The van der Waals surface area contributed by atoms with Gasteiger partial charge in [-0.05, 0) is 17.7 Å². The molecule has 0 amide bonds. The van der Waals surface area contributed by atoms with Gasteiger partial charge >= 0.3 is 5.97 Å². The average Bonchev–Trinajstić information content (AvgIpc) is 2.74. The molecule has 1 aliphatic rings. The molecule has 0 aromatic heterocycles. The molecule has 1 aromatic rings. The van der Waals surface area contributed by atoms with E-state index in [0.29, 0.717) is 17.9 Å². The third-order valence-electron chi connectivity index (χ3n) is 2.46. The van der Waals surface area contributed by atoms with Crippen molar-refractivity contribution < 1.29 is 19.0 Å². The minimum atomic E-state index is -0.320. The normalized spacial score (nSPS) is 14.2. The zero-order chi connectivity index (χ0) is 12.3. The summed E-state index contributed by atoms with van der Waals surface area (Å²) < 4.78 is 15.7. The lowest BCUT2D eigenvalue weighted by molar-refractivity contribution is -0.146. The Bertz CT molecular complexity index is 439. The summed E-state index contributed by atoms with van der Waals surface area (Å²) in [4.78, 5) is 11.0. The van der Waals surface area contributed by atoms with Crippen LogP contribution in [-0.4, -0.2) is 12.8 Å². The van der Waals surface area contributed by atoms with Crippen molar-refractivity contribution in [1.29, 1.82) is 0 Å². The van der Waals surface area contributed by atoms with E-state index >= 15 is 0 Å². The Kier molecular flexibility index (Phi) is 3.32. The lowest BCUT2D eigenvalue weighted by atomic mass is 10.1. The minimum Gasteiger partial charge on any atom is -0.457 e. The van der Waals surface area contributed by atoms with Crippen molar-refractivity contribution >= 4 is 5.97 Å². The van der Waals surface area contributed by atoms with Crippen LogP contribution in [0.3, 0.4) is 0 Å². The van der Waals surface area contributed by atoms with Crippen LogP contribution in [0.2, 0.25) is 0 Å². The summed E-state index contributed by atoms with van der Waals surface area (Å²) in [5.74, 6) is 1.09. The summed E-state index contributed by atoms with van der Waals surface area (Å²) in [5.41, 5.74) is 0.879. The molecule has 0 bridgehead atoms. The molecule has 0 saturated heterocycles. The van der Waals surface area contributed by atoms with Gasteiger partial charge in [-0.15, -0.1) is 6.58 Å². The fourth-order valence-electron chi connectivity index (χ4n) is 1.72. The maximum Gasteiger partial charge on any atom is 0.303 e. The number of fused-ring (bicyclic) bond motifs is 1. The Morgan fingerprint density at radius 2 is 2.29 bits per heavy atom. The van der Waals surface area contributed by atoms with Gasteiger partial charge < -0.3 is 14.2 Å². The molecule has 1 aromatic carbocycles. The highest BCUT2D eigenvalue weighted by molar-refractivity contribution is 5.66. The predicted molar refractivity (Wildman–Crippen MR) is 61.9 cm³/mol. The van der Waals surface area contributed by atoms with Crippen molar-refractivity contribution in [3.05, 3.63) is 36.4 Å². The van der Waals surface area contributed by atoms with Crippen LogP contribution in [0, 0.1) is 0 Å². The number of hydrogen-bond acceptors (Lipinski definition) is 4. The van der Waals surface area contributed by atoms with E-state index in [1.54, 1.807) is 6.08 Å². The Balaban J connectivity index is 2.23. The lowest BCUT2D eigenvalue weighted by Crippen LogP contribution is -2.07. The van der Waals surface area contributed by atoms with E-state index in [1.807, 2.05) is 18.2 Å². The molecule has 0 radical (unpaired) electrons. The number of carbonyl (C=O) groups is 1. The first-order valence-electron chi connectivity index (χ1n) is 5.38. The molecule has 4 heteroatoms. The molecule has 0 aliphatic carbocycles. The van der Waals surface area contributed by atoms with Crippen LogP contribution in [0.1, 0.15) is 25.0 Å². The largest absolute Gasteiger partial charge is 0.457 e. The molecule has 90 valence electrons. The number of carbonyl (C=O) groups excluding carboxylic acids is 1.